The second-order valence-corrected chi connectivity index (χ2v) is 5.34. The van der Waals surface area contributed by atoms with Crippen LogP contribution in [0.15, 0.2) is 48.5 Å². The number of hydrogen-bond donors (Lipinski definition) is 1. The minimum atomic E-state index is -0.188. The summed E-state index contributed by atoms with van der Waals surface area (Å²) in [6, 6.07) is 13.9. The molecular weight excluding hydrogens is 309 g/mol. The van der Waals surface area contributed by atoms with Gasteiger partial charge < -0.3 is 14.8 Å². The Hall–Kier alpha value is -2.56. The topological polar surface area (TPSA) is 47.6 Å². The van der Waals surface area contributed by atoms with Crippen molar-refractivity contribution in [2.75, 3.05) is 20.3 Å². The molecular formula is C19H22FNO3. The highest BCUT2D eigenvalue weighted by Gasteiger charge is 2.06. The van der Waals surface area contributed by atoms with Crippen molar-refractivity contribution in [3.05, 3.63) is 59.9 Å². The van der Waals surface area contributed by atoms with Gasteiger partial charge in [0, 0.05) is 6.54 Å². The molecule has 1 amide bonds. The van der Waals surface area contributed by atoms with Crippen molar-refractivity contribution in [2.24, 2.45) is 0 Å². The number of para-hydroxylation sites is 2. The van der Waals surface area contributed by atoms with E-state index in [1.54, 1.807) is 31.4 Å². The Morgan fingerprint density at radius 1 is 1.04 bits per heavy atom. The Labute approximate surface area is 141 Å². The standard InChI is InChI=1S/C19H22FNO3/c1-23-17-11-4-5-12-18(17)24-14-19(22)21-13-7-6-9-15-8-2-3-10-16(15)20/h2-5,8,10-12H,6-7,9,13-14H2,1H3,(H,21,22). The van der Waals surface area contributed by atoms with Crippen LogP contribution in [0.3, 0.4) is 0 Å². The molecule has 0 heterocycles. The number of nitrogens with one attached hydrogen (secondary N) is 1. The van der Waals surface area contributed by atoms with Crippen LogP contribution < -0.4 is 14.8 Å². The molecule has 5 heteroatoms. The van der Waals surface area contributed by atoms with E-state index in [0.717, 1.165) is 12.8 Å². The van der Waals surface area contributed by atoms with E-state index in [0.29, 0.717) is 30.0 Å². The van der Waals surface area contributed by atoms with Gasteiger partial charge in [-0.3, -0.25) is 4.79 Å². The molecule has 4 nitrogen and oxygen atoms in total. The number of aryl methyl sites for hydroxylation is 1. The zero-order chi connectivity index (χ0) is 17.2. The summed E-state index contributed by atoms with van der Waals surface area (Å²) in [5.41, 5.74) is 0.711. The molecule has 128 valence electrons. The molecule has 0 saturated carbocycles. The minimum Gasteiger partial charge on any atom is -0.493 e. The van der Waals surface area contributed by atoms with Gasteiger partial charge in [-0.2, -0.15) is 0 Å². The normalized spacial score (nSPS) is 10.2. The third-order valence-corrected chi connectivity index (χ3v) is 3.58. The van der Waals surface area contributed by atoms with Crippen LogP contribution in [-0.4, -0.2) is 26.2 Å². The van der Waals surface area contributed by atoms with Crippen LogP contribution in [0.5, 0.6) is 11.5 Å². The van der Waals surface area contributed by atoms with Gasteiger partial charge in [0.1, 0.15) is 5.82 Å². The summed E-state index contributed by atoms with van der Waals surface area (Å²) in [6.07, 6.45) is 2.27. The minimum absolute atomic E-state index is 0.0618. The average molecular weight is 331 g/mol. The average Bonchev–Trinajstić information content (AvgIpc) is 2.61. The number of carbonyl (C=O) groups excluding carboxylic acids is 1. The summed E-state index contributed by atoms with van der Waals surface area (Å²) in [4.78, 5) is 11.8. The number of unbranched alkanes of at least 4 members (excludes halogenated alkanes) is 1. The van der Waals surface area contributed by atoms with E-state index in [2.05, 4.69) is 5.32 Å². The first-order valence-electron chi connectivity index (χ1n) is 7.96. The smallest absolute Gasteiger partial charge is 0.257 e. The molecule has 0 aliphatic carbocycles. The summed E-state index contributed by atoms with van der Waals surface area (Å²) in [5, 5.41) is 2.79. The number of benzene rings is 2. The largest absolute Gasteiger partial charge is 0.493 e. The highest BCUT2D eigenvalue weighted by molar-refractivity contribution is 5.77. The maximum atomic E-state index is 13.5. The summed E-state index contributed by atoms with van der Waals surface area (Å²) in [7, 11) is 1.55. The lowest BCUT2D eigenvalue weighted by molar-refractivity contribution is -0.123. The molecule has 2 aromatic carbocycles. The molecule has 24 heavy (non-hydrogen) atoms. The highest BCUT2D eigenvalue weighted by Crippen LogP contribution is 2.25. The number of methoxy groups -OCH3 is 1. The Morgan fingerprint density at radius 2 is 1.75 bits per heavy atom. The fourth-order valence-corrected chi connectivity index (χ4v) is 2.30. The summed E-state index contributed by atoms with van der Waals surface area (Å²) in [5.74, 6) is 0.767. The van der Waals surface area contributed by atoms with Gasteiger partial charge in [0.2, 0.25) is 0 Å². The molecule has 0 bridgehead atoms. The van der Waals surface area contributed by atoms with Crippen LogP contribution in [0.1, 0.15) is 18.4 Å². The monoisotopic (exact) mass is 331 g/mol. The second kappa shape index (κ2) is 9.55. The van der Waals surface area contributed by atoms with Crippen LogP contribution in [0.25, 0.3) is 0 Å². The van der Waals surface area contributed by atoms with Crippen molar-refractivity contribution in [2.45, 2.75) is 19.3 Å². The van der Waals surface area contributed by atoms with Crippen molar-refractivity contribution in [1.29, 1.82) is 0 Å². The molecule has 0 spiro atoms. The summed E-state index contributed by atoms with van der Waals surface area (Å²) >= 11 is 0. The van der Waals surface area contributed by atoms with Crippen molar-refractivity contribution in [1.82, 2.24) is 5.32 Å². The van der Waals surface area contributed by atoms with Gasteiger partial charge in [0.25, 0.3) is 5.91 Å². The fourth-order valence-electron chi connectivity index (χ4n) is 2.30. The first kappa shape index (κ1) is 17.8. The summed E-state index contributed by atoms with van der Waals surface area (Å²) < 4.78 is 24.1. The maximum Gasteiger partial charge on any atom is 0.257 e. The predicted molar refractivity (Wildman–Crippen MR) is 90.8 cm³/mol. The summed E-state index contributed by atoms with van der Waals surface area (Å²) in [6.45, 7) is 0.482. The van der Waals surface area contributed by atoms with Gasteiger partial charge in [0.15, 0.2) is 18.1 Å². The first-order chi connectivity index (χ1) is 11.7. The van der Waals surface area contributed by atoms with E-state index in [-0.39, 0.29) is 18.3 Å². The molecule has 1 N–H and O–H groups in total. The van der Waals surface area contributed by atoms with Crippen LogP contribution in [0, 0.1) is 5.82 Å². The Bertz CT molecular complexity index is 661. The molecule has 0 radical (unpaired) electrons. The molecule has 2 rings (SSSR count). The number of hydrogen-bond acceptors (Lipinski definition) is 3. The molecule has 0 atom stereocenters. The third-order valence-electron chi connectivity index (χ3n) is 3.58. The first-order valence-corrected chi connectivity index (χ1v) is 7.96. The number of halogens is 1. The van der Waals surface area contributed by atoms with Crippen molar-refractivity contribution in [3.8, 4) is 11.5 Å². The van der Waals surface area contributed by atoms with Gasteiger partial charge in [-0.25, -0.2) is 4.39 Å². The molecule has 2 aromatic rings. The van der Waals surface area contributed by atoms with Crippen molar-refractivity contribution >= 4 is 5.91 Å². The predicted octanol–water partition coefficient (Wildman–Crippen LogP) is 3.35. The molecule has 0 aliphatic heterocycles. The van der Waals surface area contributed by atoms with Gasteiger partial charge in [-0.1, -0.05) is 30.3 Å². The van der Waals surface area contributed by atoms with Crippen LogP contribution in [0.2, 0.25) is 0 Å². The van der Waals surface area contributed by atoms with Crippen molar-refractivity contribution in [3.63, 3.8) is 0 Å². The van der Waals surface area contributed by atoms with E-state index in [1.807, 2.05) is 18.2 Å². The zero-order valence-electron chi connectivity index (χ0n) is 13.8. The third kappa shape index (κ3) is 5.57. The lowest BCUT2D eigenvalue weighted by atomic mass is 10.1. The number of rotatable bonds is 9. The van der Waals surface area contributed by atoms with Gasteiger partial charge >= 0.3 is 0 Å². The van der Waals surface area contributed by atoms with E-state index >= 15 is 0 Å². The van der Waals surface area contributed by atoms with Gasteiger partial charge in [-0.05, 0) is 43.0 Å². The van der Waals surface area contributed by atoms with Crippen LogP contribution in [0.4, 0.5) is 4.39 Å². The molecule has 0 saturated heterocycles. The second-order valence-electron chi connectivity index (χ2n) is 5.34. The number of ether oxygens (including phenoxy) is 2. The van der Waals surface area contributed by atoms with Gasteiger partial charge in [0.05, 0.1) is 7.11 Å². The Morgan fingerprint density at radius 3 is 2.50 bits per heavy atom. The highest BCUT2D eigenvalue weighted by atomic mass is 19.1. The zero-order valence-corrected chi connectivity index (χ0v) is 13.8. The fraction of sp³-hybridized carbons (Fsp3) is 0.316. The van der Waals surface area contributed by atoms with Crippen molar-refractivity contribution < 1.29 is 18.7 Å². The number of carbonyl (C=O) groups is 1. The molecule has 0 aliphatic rings. The van der Waals surface area contributed by atoms with E-state index in [1.165, 1.54) is 6.07 Å². The number of amides is 1. The lowest BCUT2D eigenvalue weighted by Gasteiger charge is -2.10. The van der Waals surface area contributed by atoms with Crippen LogP contribution in [-0.2, 0) is 11.2 Å². The molecule has 0 unspecified atom stereocenters. The molecule has 0 aromatic heterocycles. The Balaban J connectivity index is 1.62. The van der Waals surface area contributed by atoms with Gasteiger partial charge in [-0.15, -0.1) is 0 Å². The quantitative estimate of drug-likeness (QED) is 0.717. The Kier molecular flexibility index (Phi) is 7.08. The van der Waals surface area contributed by atoms with E-state index in [9.17, 15) is 9.18 Å². The lowest BCUT2D eigenvalue weighted by Crippen LogP contribution is -2.29. The van der Waals surface area contributed by atoms with Crippen LogP contribution >= 0.6 is 0 Å². The SMILES string of the molecule is COc1ccccc1OCC(=O)NCCCCc1ccccc1F. The van der Waals surface area contributed by atoms with E-state index < -0.39 is 0 Å². The maximum absolute atomic E-state index is 13.5. The molecule has 0 fully saturated rings. The van der Waals surface area contributed by atoms with E-state index in [4.69, 9.17) is 9.47 Å².